The normalized spacial score (nSPS) is 10.5. The van der Waals surface area contributed by atoms with Crippen LogP contribution in [0.3, 0.4) is 0 Å². The summed E-state index contributed by atoms with van der Waals surface area (Å²) in [7, 11) is 0. The molecular formula is C9H5I2N. The Kier molecular flexibility index (Phi) is 2.49. The molecule has 0 aliphatic heterocycles. The summed E-state index contributed by atoms with van der Waals surface area (Å²) < 4.78 is 2.27. The Morgan fingerprint density at radius 1 is 1.00 bits per heavy atom. The first-order valence-corrected chi connectivity index (χ1v) is 5.63. The van der Waals surface area contributed by atoms with Crippen molar-refractivity contribution in [2.75, 3.05) is 0 Å². The third kappa shape index (κ3) is 1.71. The number of fused-ring (bicyclic) bond motifs is 1. The Balaban J connectivity index is 2.80. The molecule has 12 heavy (non-hydrogen) atoms. The van der Waals surface area contributed by atoms with E-state index in [4.69, 9.17) is 0 Å². The molecule has 2 rings (SSSR count). The van der Waals surface area contributed by atoms with E-state index < -0.39 is 0 Å². The lowest BCUT2D eigenvalue weighted by atomic mass is 10.2. The molecule has 0 fully saturated rings. The molecule has 0 aliphatic rings. The van der Waals surface area contributed by atoms with Crippen molar-refractivity contribution in [3.05, 3.63) is 37.6 Å². The average Bonchev–Trinajstić information content (AvgIpc) is 2.03. The molecule has 0 unspecified atom stereocenters. The summed E-state index contributed by atoms with van der Waals surface area (Å²) in [5.74, 6) is 0. The highest BCUT2D eigenvalue weighted by molar-refractivity contribution is 14.1. The van der Waals surface area contributed by atoms with Crippen LogP contribution in [0.25, 0.3) is 10.9 Å². The third-order valence-corrected chi connectivity index (χ3v) is 2.89. The van der Waals surface area contributed by atoms with E-state index >= 15 is 0 Å². The van der Waals surface area contributed by atoms with Gasteiger partial charge >= 0.3 is 0 Å². The lowest BCUT2D eigenvalue weighted by molar-refractivity contribution is 1.34. The van der Waals surface area contributed by atoms with E-state index in [-0.39, 0.29) is 0 Å². The Morgan fingerprint density at radius 3 is 2.58 bits per heavy atom. The van der Waals surface area contributed by atoms with Gasteiger partial charge in [0.25, 0.3) is 0 Å². The predicted octanol–water partition coefficient (Wildman–Crippen LogP) is 3.44. The summed E-state index contributed by atoms with van der Waals surface area (Å²) in [5, 5.41) is 1.20. The Bertz CT molecular complexity index is 389. The largest absolute Gasteiger partial charge is 0.242 e. The van der Waals surface area contributed by atoms with Crippen LogP contribution in [0.15, 0.2) is 30.3 Å². The van der Waals surface area contributed by atoms with Crippen molar-refractivity contribution in [1.29, 1.82) is 0 Å². The molecule has 0 bridgehead atoms. The summed E-state index contributed by atoms with van der Waals surface area (Å²) in [6, 6.07) is 10.4. The smallest absolute Gasteiger partial charge is 0.102 e. The molecule has 3 heteroatoms. The topological polar surface area (TPSA) is 12.9 Å². The minimum Gasteiger partial charge on any atom is -0.242 e. The van der Waals surface area contributed by atoms with Gasteiger partial charge in [-0.2, -0.15) is 0 Å². The first-order valence-electron chi connectivity index (χ1n) is 3.47. The quantitative estimate of drug-likeness (QED) is 0.504. The van der Waals surface area contributed by atoms with E-state index in [9.17, 15) is 0 Å². The minimum absolute atomic E-state index is 1.04. The zero-order valence-electron chi connectivity index (χ0n) is 6.09. The zero-order chi connectivity index (χ0) is 8.55. The maximum absolute atomic E-state index is 4.42. The van der Waals surface area contributed by atoms with E-state index in [2.05, 4.69) is 74.4 Å². The summed E-state index contributed by atoms with van der Waals surface area (Å²) in [4.78, 5) is 4.42. The van der Waals surface area contributed by atoms with Gasteiger partial charge in [0.2, 0.25) is 0 Å². The van der Waals surface area contributed by atoms with Crippen molar-refractivity contribution in [2.24, 2.45) is 0 Å². The predicted molar refractivity (Wildman–Crippen MR) is 67.2 cm³/mol. The molecule has 0 aliphatic carbocycles. The van der Waals surface area contributed by atoms with Crippen LogP contribution < -0.4 is 0 Å². The number of halogens is 2. The van der Waals surface area contributed by atoms with Crippen molar-refractivity contribution in [3.8, 4) is 0 Å². The Labute approximate surface area is 97.9 Å². The standard InChI is InChI=1S/C9H5I2N/c10-7-3-1-6-2-4-9(11)12-8(6)5-7/h1-5H. The van der Waals surface area contributed by atoms with Gasteiger partial charge in [-0.3, -0.25) is 0 Å². The van der Waals surface area contributed by atoms with Crippen LogP contribution in [0.2, 0.25) is 0 Å². The van der Waals surface area contributed by atoms with Gasteiger partial charge < -0.3 is 0 Å². The van der Waals surface area contributed by atoms with Crippen molar-refractivity contribution >= 4 is 56.1 Å². The fourth-order valence-corrected chi connectivity index (χ4v) is 1.98. The van der Waals surface area contributed by atoms with Crippen molar-refractivity contribution < 1.29 is 0 Å². The van der Waals surface area contributed by atoms with Gasteiger partial charge in [0.05, 0.1) is 5.52 Å². The number of pyridine rings is 1. The second-order valence-electron chi connectivity index (χ2n) is 2.47. The molecule has 1 heterocycles. The number of hydrogen-bond donors (Lipinski definition) is 0. The molecule has 2 aromatic rings. The minimum atomic E-state index is 1.04. The summed E-state index contributed by atoms with van der Waals surface area (Å²) >= 11 is 4.52. The molecule has 60 valence electrons. The van der Waals surface area contributed by atoms with E-state index in [0.29, 0.717) is 0 Å². The number of aromatic nitrogens is 1. The molecule has 0 saturated carbocycles. The van der Waals surface area contributed by atoms with E-state index in [0.717, 1.165) is 9.22 Å². The van der Waals surface area contributed by atoms with E-state index in [1.807, 2.05) is 6.07 Å². The highest BCUT2D eigenvalue weighted by Crippen LogP contribution is 2.16. The average molecular weight is 381 g/mol. The molecule has 0 spiro atoms. The molecule has 1 aromatic carbocycles. The fourth-order valence-electron chi connectivity index (χ4n) is 1.07. The number of rotatable bonds is 0. The van der Waals surface area contributed by atoms with Crippen molar-refractivity contribution in [1.82, 2.24) is 4.98 Å². The molecule has 1 aromatic heterocycles. The molecular weight excluding hydrogens is 376 g/mol. The van der Waals surface area contributed by atoms with Crippen molar-refractivity contribution in [3.63, 3.8) is 0 Å². The number of benzene rings is 1. The monoisotopic (exact) mass is 381 g/mol. The maximum atomic E-state index is 4.42. The summed E-state index contributed by atoms with van der Waals surface area (Å²) in [6.07, 6.45) is 0. The van der Waals surface area contributed by atoms with Gasteiger partial charge in [-0.05, 0) is 63.4 Å². The molecule has 0 atom stereocenters. The molecule has 0 N–H and O–H groups in total. The van der Waals surface area contributed by atoms with Gasteiger partial charge in [-0.1, -0.05) is 12.1 Å². The molecule has 0 amide bonds. The van der Waals surface area contributed by atoms with Gasteiger partial charge in [0.1, 0.15) is 3.70 Å². The Morgan fingerprint density at radius 2 is 1.75 bits per heavy atom. The van der Waals surface area contributed by atoms with E-state index in [1.165, 1.54) is 8.96 Å². The Hall–Kier alpha value is 0.0900. The molecule has 0 radical (unpaired) electrons. The van der Waals surface area contributed by atoms with Crippen LogP contribution in [0.1, 0.15) is 0 Å². The third-order valence-electron chi connectivity index (χ3n) is 1.62. The van der Waals surface area contributed by atoms with Crippen LogP contribution in [0.4, 0.5) is 0 Å². The highest BCUT2D eigenvalue weighted by atomic mass is 127. The maximum Gasteiger partial charge on any atom is 0.102 e. The van der Waals surface area contributed by atoms with E-state index in [1.54, 1.807) is 0 Å². The first kappa shape index (κ1) is 8.68. The number of nitrogens with zero attached hydrogens (tertiary/aromatic N) is 1. The fraction of sp³-hybridized carbons (Fsp3) is 0. The second kappa shape index (κ2) is 3.45. The first-order chi connectivity index (χ1) is 5.75. The van der Waals surface area contributed by atoms with Gasteiger partial charge in [-0.25, -0.2) is 4.98 Å². The van der Waals surface area contributed by atoms with Crippen LogP contribution in [0, 0.1) is 7.27 Å². The lowest BCUT2D eigenvalue weighted by Gasteiger charge is -1.97. The summed E-state index contributed by atoms with van der Waals surface area (Å²) in [5.41, 5.74) is 1.08. The lowest BCUT2D eigenvalue weighted by Crippen LogP contribution is -1.82. The van der Waals surface area contributed by atoms with Crippen LogP contribution >= 0.6 is 45.2 Å². The van der Waals surface area contributed by atoms with Crippen LogP contribution in [-0.2, 0) is 0 Å². The SMILES string of the molecule is Ic1ccc2ccc(I)nc2c1. The molecule has 1 nitrogen and oxygen atoms in total. The number of hydrogen-bond acceptors (Lipinski definition) is 1. The van der Waals surface area contributed by atoms with Crippen LogP contribution in [-0.4, -0.2) is 4.98 Å². The van der Waals surface area contributed by atoms with Gasteiger partial charge in [-0.15, -0.1) is 0 Å². The highest BCUT2D eigenvalue weighted by Gasteiger charge is 1.95. The summed E-state index contributed by atoms with van der Waals surface area (Å²) in [6.45, 7) is 0. The van der Waals surface area contributed by atoms with Gasteiger partial charge in [0.15, 0.2) is 0 Å². The molecule has 0 saturated heterocycles. The zero-order valence-corrected chi connectivity index (χ0v) is 10.4. The van der Waals surface area contributed by atoms with Crippen molar-refractivity contribution in [2.45, 2.75) is 0 Å². The second-order valence-corrected chi connectivity index (χ2v) is 4.82. The van der Waals surface area contributed by atoms with Crippen LogP contribution in [0.5, 0.6) is 0 Å². The van der Waals surface area contributed by atoms with Gasteiger partial charge in [0, 0.05) is 8.96 Å².